The van der Waals surface area contributed by atoms with Crippen LogP contribution in [0, 0.1) is 29.6 Å². The number of halogens is 2. The lowest BCUT2D eigenvalue weighted by Gasteiger charge is -2.42. The fraction of sp³-hybridized carbons (Fsp3) is 0.581. The molecule has 0 radical (unpaired) electrons. The molecule has 6 heteroatoms. The molecule has 0 bridgehead atoms. The molecule has 3 fully saturated rings. The molecule has 2 saturated carbocycles. The van der Waals surface area contributed by atoms with Crippen LogP contribution in [0.3, 0.4) is 0 Å². The summed E-state index contributed by atoms with van der Waals surface area (Å²) in [5.41, 5.74) is 2.67. The Morgan fingerprint density at radius 2 is 1.92 bits per heavy atom. The number of carbonyl (C=O) groups is 1. The van der Waals surface area contributed by atoms with Crippen molar-refractivity contribution in [3.05, 3.63) is 72.1 Å². The Morgan fingerprint density at radius 3 is 2.59 bits per heavy atom. The summed E-state index contributed by atoms with van der Waals surface area (Å²) < 4.78 is 25.3. The summed E-state index contributed by atoms with van der Waals surface area (Å²) in [5, 5.41) is 5.35. The number of amides is 1. The van der Waals surface area contributed by atoms with E-state index in [-0.39, 0.29) is 6.54 Å². The Kier molecular flexibility index (Phi) is 9.95. The molecule has 1 aromatic rings. The van der Waals surface area contributed by atoms with Crippen LogP contribution in [0.25, 0.3) is 0 Å². The van der Waals surface area contributed by atoms with Gasteiger partial charge in [-0.2, -0.15) is 0 Å². The third kappa shape index (κ3) is 8.00. The van der Waals surface area contributed by atoms with Gasteiger partial charge in [-0.3, -0.25) is 9.69 Å². The van der Waals surface area contributed by atoms with Crippen LogP contribution in [-0.4, -0.2) is 43.4 Å². The van der Waals surface area contributed by atoms with Gasteiger partial charge in [-0.15, -0.1) is 0 Å². The van der Waals surface area contributed by atoms with Gasteiger partial charge in [0, 0.05) is 36.4 Å². The normalized spacial score (nSPS) is 30.2. The molecule has 37 heavy (non-hydrogen) atoms. The van der Waals surface area contributed by atoms with Crippen LogP contribution in [0.2, 0.25) is 0 Å². The van der Waals surface area contributed by atoms with E-state index in [9.17, 15) is 13.6 Å². The average Bonchev–Trinajstić information content (AvgIpc) is 3.34. The highest BCUT2D eigenvalue weighted by Gasteiger charge is 2.54. The second-order valence-electron chi connectivity index (χ2n) is 11.3. The number of likely N-dealkylation sites (tertiary alicyclic amines) is 1. The second kappa shape index (κ2) is 13.4. The van der Waals surface area contributed by atoms with E-state index in [0.29, 0.717) is 30.6 Å². The maximum atomic E-state index is 12.6. The minimum atomic E-state index is -2.35. The molecule has 3 aliphatic carbocycles. The van der Waals surface area contributed by atoms with Crippen molar-refractivity contribution in [3.63, 3.8) is 0 Å². The molecule has 1 heterocycles. The number of allylic oxidation sites excluding steroid dienone is 3. The van der Waals surface area contributed by atoms with Crippen molar-refractivity contribution in [2.75, 3.05) is 19.6 Å². The number of rotatable bonds is 11. The van der Waals surface area contributed by atoms with Gasteiger partial charge in [-0.25, -0.2) is 8.78 Å². The molecule has 1 aromatic carbocycles. The van der Waals surface area contributed by atoms with Crippen LogP contribution in [0.1, 0.15) is 51.0 Å². The molecule has 3 atom stereocenters. The number of piperidine rings is 1. The molecular formula is C31H43F2N3O. The third-order valence-corrected chi connectivity index (χ3v) is 8.70. The number of fused-ring (bicyclic) bond motifs is 1. The van der Waals surface area contributed by atoms with Crippen LogP contribution in [0.4, 0.5) is 8.78 Å². The largest absolute Gasteiger partial charge is 0.358 e. The van der Waals surface area contributed by atoms with E-state index < -0.39 is 12.3 Å². The van der Waals surface area contributed by atoms with Crippen molar-refractivity contribution in [1.29, 1.82) is 0 Å². The Bertz CT molecular complexity index is 929. The van der Waals surface area contributed by atoms with E-state index in [1.807, 2.05) is 6.08 Å². The van der Waals surface area contributed by atoms with Gasteiger partial charge in [-0.05, 0) is 73.8 Å². The maximum absolute atomic E-state index is 12.6. The van der Waals surface area contributed by atoms with Gasteiger partial charge < -0.3 is 10.6 Å². The number of carbonyl (C=O) groups excluding carboxylic acids is 1. The quantitative estimate of drug-likeness (QED) is 0.362. The summed E-state index contributed by atoms with van der Waals surface area (Å²) in [5.74, 6) is 3.49. The molecular weight excluding hydrogens is 468 g/mol. The van der Waals surface area contributed by atoms with Crippen LogP contribution in [0.15, 0.2) is 66.5 Å². The predicted octanol–water partition coefficient (Wildman–Crippen LogP) is 5.94. The number of aryl methyl sites for hydroxylation is 1. The number of nitrogens with zero attached hydrogens (tertiary/aromatic N) is 1. The second-order valence-corrected chi connectivity index (χ2v) is 11.3. The van der Waals surface area contributed by atoms with Gasteiger partial charge in [-0.1, -0.05) is 62.4 Å². The standard InChI is InChI=1S/C19H27N.C12H16F2N2O/c1-14-18-12-20(13-19(14)18)17-10-16(11-17)9-5-8-15-6-3-2-4-7-15;1-9(7-15-8-17)16-11-5-3-2-4-10(6-11)12(13)14/h2-4,6-7,14,16-19H,5,8-13H2,1H3;3,5-6,8,10,12,16H,1-2,4,7H2,(H,15,17). The first-order valence-corrected chi connectivity index (χ1v) is 14.0. The van der Waals surface area contributed by atoms with Gasteiger partial charge in [0.2, 0.25) is 12.8 Å². The Balaban J connectivity index is 0.000000176. The Labute approximate surface area is 221 Å². The maximum Gasteiger partial charge on any atom is 0.244 e. The number of nitrogens with one attached hydrogen (secondary N) is 2. The molecule has 202 valence electrons. The van der Waals surface area contributed by atoms with Gasteiger partial charge in [0.15, 0.2) is 0 Å². The number of hydrogen-bond acceptors (Lipinski definition) is 3. The smallest absolute Gasteiger partial charge is 0.244 e. The fourth-order valence-corrected chi connectivity index (χ4v) is 6.19. The molecule has 0 spiro atoms. The first-order valence-electron chi connectivity index (χ1n) is 14.0. The Morgan fingerprint density at radius 1 is 1.19 bits per heavy atom. The number of benzene rings is 1. The van der Waals surface area contributed by atoms with E-state index in [4.69, 9.17) is 0 Å². The van der Waals surface area contributed by atoms with Gasteiger partial charge >= 0.3 is 0 Å². The summed E-state index contributed by atoms with van der Waals surface area (Å²) in [6.07, 6.45) is 11.5. The van der Waals surface area contributed by atoms with Gasteiger partial charge in [0.25, 0.3) is 0 Å². The van der Waals surface area contributed by atoms with E-state index in [1.165, 1.54) is 56.8 Å². The zero-order chi connectivity index (χ0) is 26.2. The van der Waals surface area contributed by atoms with Crippen LogP contribution >= 0.6 is 0 Å². The van der Waals surface area contributed by atoms with Gasteiger partial charge in [0.1, 0.15) is 0 Å². The first-order chi connectivity index (χ1) is 17.9. The van der Waals surface area contributed by atoms with Gasteiger partial charge in [0.05, 0.1) is 6.54 Å². The zero-order valence-electron chi connectivity index (χ0n) is 22.1. The third-order valence-electron chi connectivity index (χ3n) is 8.70. The highest BCUT2D eigenvalue weighted by molar-refractivity contribution is 5.46. The number of hydrogen-bond donors (Lipinski definition) is 2. The lowest BCUT2D eigenvalue weighted by Crippen LogP contribution is -2.44. The Hall–Kier alpha value is -2.47. The van der Waals surface area contributed by atoms with Crippen molar-refractivity contribution in [2.45, 2.75) is 64.3 Å². The molecule has 1 saturated heterocycles. The molecule has 1 amide bonds. The lowest BCUT2D eigenvalue weighted by molar-refractivity contribution is -0.109. The van der Waals surface area contributed by atoms with Crippen LogP contribution < -0.4 is 10.6 Å². The van der Waals surface area contributed by atoms with Crippen molar-refractivity contribution < 1.29 is 13.6 Å². The first kappa shape index (κ1) is 27.6. The highest BCUT2D eigenvalue weighted by Crippen LogP contribution is 2.53. The average molecular weight is 512 g/mol. The molecule has 0 aromatic heterocycles. The van der Waals surface area contributed by atoms with E-state index in [0.717, 1.165) is 29.7 Å². The summed E-state index contributed by atoms with van der Waals surface area (Å²) >= 11 is 0. The van der Waals surface area contributed by atoms with Crippen LogP contribution in [-0.2, 0) is 11.2 Å². The summed E-state index contributed by atoms with van der Waals surface area (Å²) in [6.45, 7) is 9.26. The minimum absolute atomic E-state index is 0.272. The minimum Gasteiger partial charge on any atom is -0.358 e. The SMILES string of the molecule is C=C(CNC=O)NC1=CC(C(F)F)CCC=C1.CC1C2CN(C3CC(CCCc4ccccc4)C3)CC12. The van der Waals surface area contributed by atoms with Crippen molar-refractivity contribution >= 4 is 6.41 Å². The van der Waals surface area contributed by atoms with Crippen molar-refractivity contribution in [2.24, 2.45) is 29.6 Å². The highest BCUT2D eigenvalue weighted by atomic mass is 19.3. The predicted molar refractivity (Wildman–Crippen MR) is 146 cm³/mol. The molecule has 1 aliphatic heterocycles. The monoisotopic (exact) mass is 511 g/mol. The van der Waals surface area contributed by atoms with Crippen LogP contribution in [0.5, 0.6) is 0 Å². The fourth-order valence-electron chi connectivity index (χ4n) is 6.19. The van der Waals surface area contributed by atoms with E-state index in [2.05, 4.69) is 59.4 Å². The molecule has 5 rings (SSSR count). The topological polar surface area (TPSA) is 44.4 Å². The lowest BCUT2D eigenvalue weighted by atomic mass is 9.76. The van der Waals surface area contributed by atoms with E-state index in [1.54, 1.807) is 6.08 Å². The van der Waals surface area contributed by atoms with Crippen molar-refractivity contribution in [1.82, 2.24) is 15.5 Å². The molecule has 4 aliphatic rings. The molecule has 2 N–H and O–H groups in total. The summed E-state index contributed by atoms with van der Waals surface area (Å²) in [7, 11) is 0. The summed E-state index contributed by atoms with van der Waals surface area (Å²) in [6, 6.07) is 11.9. The molecule has 4 nitrogen and oxygen atoms in total. The molecule has 3 unspecified atom stereocenters. The summed E-state index contributed by atoms with van der Waals surface area (Å²) in [4.78, 5) is 12.9. The van der Waals surface area contributed by atoms with E-state index >= 15 is 0 Å². The van der Waals surface area contributed by atoms with Crippen molar-refractivity contribution in [3.8, 4) is 0 Å². The zero-order valence-corrected chi connectivity index (χ0v) is 22.1. The number of alkyl halides is 2.